The van der Waals surface area contributed by atoms with Crippen molar-refractivity contribution in [1.82, 2.24) is 5.32 Å². The summed E-state index contributed by atoms with van der Waals surface area (Å²) < 4.78 is 24.7. The number of hydrogen-bond acceptors (Lipinski definition) is 4. The van der Waals surface area contributed by atoms with Crippen LogP contribution in [0, 0.1) is 12.7 Å². The Morgan fingerprint density at radius 1 is 1.20 bits per heavy atom. The summed E-state index contributed by atoms with van der Waals surface area (Å²) in [5.74, 6) is 0.987. The summed E-state index contributed by atoms with van der Waals surface area (Å²) in [5.41, 5.74) is 1.59. The average Bonchev–Trinajstić information content (AvgIpc) is 3.28. The van der Waals surface area contributed by atoms with E-state index in [1.165, 1.54) is 29.2 Å². The van der Waals surface area contributed by atoms with Crippen LogP contribution in [0.1, 0.15) is 17.1 Å². The number of amides is 1. The van der Waals surface area contributed by atoms with Crippen LogP contribution in [0.15, 0.2) is 64.7 Å². The third kappa shape index (κ3) is 4.08. The van der Waals surface area contributed by atoms with E-state index in [9.17, 15) is 9.18 Å². The van der Waals surface area contributed by atoms with Gasteiger partial charge in [0, 0.05) is 16.7 Å². The molecule has 1 fully saturated rings. The van der Waals surface area contributed by atoms with E-state index in [1.54, 1.807) is 24.3 Å². The molecule has 8 heteroatoms. The Bertz CT molecular complexity index is 1160. The van der Waals surface area contributed by atoms with Gasteiger partial charge in [-0.2, -0.15) is 0 Å². The van der Waals surface area contributed by atoms with Gasteiger partial charge in [0.15, 0.2) is 5.11 Å². The quantitative estimate of drug-likeness (QED) is 0.433. The number of carbonyl (C=O) groups excluding carboxylic acids is 1. The van der Waals surface area contributed by atoms with Gasteiger partial charge in [-0.1, -0.05) is 17.7 Å². The minimum atomic E-state index is -0.390. The van der Waals surface area contributed by atoms with E-state index in [0.717, 1.165) is 5.56 Å². The van der Waals surface area contributed by atoms with E-state index in [4.69, 9.17) is 33.0 Å². The highest BCUT2D eigenvalue weighted by atomic mass is 35.5. The Labute approximate surface area is 182 Å². The number of hydrogen-bond donors (Lipinski definition) is 1. The zero-order valence-corrected chi connectivity index (χ0v) is 17.4. The first kappa shape index (κ1) is 20.1. The van der Waals surface area contributed by atoms with Crippen molar-refractivity contribution in [3.63, 3.8) is 0 Å². The highest BCUT2D eigenvalue weighted by Gasteiger charge is 2.32. The number of nitrogens with zero attached hydrogens (tertiary/aromatic N) is 1. The number of carbonyl (C=O) groups is 1. The van der Waals surface area contributed by atoms with Crippen LogP contribution in [0.5, 0.6) is 5.75 Å². The minimum Gasteiger partial charge on any atom is -0.485 e. The maximum absolute atomic E-state index is 13.2. The standard InChI is InChI=1S/C22H16ClFN2O3S/c1-13-18(23)3-2-4-20(13)28-12-17-10-9-16(29-17)11-19-21(27)26(22(30)25-19)15-7-5-14(24)6-8-15/h2-11H,12H2,1H3,(H,25,30)/b19-11-. The molecular formula is C22H16ClFN2O3S. The lowest BCUT2D eigenvalue weighted by Crippen LogP contribution is -2.30. The van der Waals surface area contributed by atoms with Crippen LogP contribution in [-0.2, 0) is 11.4 Å². The lowest BCUT2D eigenvalue weighted by molar-refractivity contribution is -0.113. The monoisotopic (exact) mass is 442 g/mol. The van der Waals surface area contributed by atoms with E-state index in [2.05, 4.69) is 5.32 Å². The predicted molar refractivity (Wildman–Crippen MR) is 117 cm³/mol. The largest absolute Gasteiger partial charge is 0.485 e. The molecule has 0 saturated carbocycles. The zero-order valence-electron chi connectivity index (χ0n) is 15.8. The Morgan fingerprint density at radius 2 is 1.97 bits per heavy atom. The summed E-state index contributed by atoms with van der Waals surface area (Å²) in [7, 11) is 0. The van der Waals surface area contributed by atoms with E-state index in [0.29, 0.717) is 28.0 Å². The molecule has 0 bridgehead atoms. The van der Waals surface area contributed by atoms with Gasteiger partial charge < -0.3 is 14.5 Å². The van der Waals surface area contributed by atoms with Crippen LogP contribution in [0.2, 0.25) is 5.02 Å². The molecule has 2 heterocycles. The predicted octanol–water partition coefficient (Wildman–Crippen LogP) is 5.22. The van der Waals surface area contributed by atoms with Gasteiger partial charge in [-0.15, -0.1) is 0 Å². The summed E-state index contributed by atoms with van der Waals surface area (Å²) in [6, 6.07) is 14.5. The molecule has 1 saturated heterocycles. The van der Waals surface area contributed by atoms with Gasteiger partial charge >= 0.3 is 0 Å². The second-order valence-corrected chi connectivity index (χ2v) is 7.35. The van der Waals surface area contributed by atoms with Gasteiger partial charge in [-0.3, -0.25) is 9.69 Å². The second kappa shape index (κ2) is 8.30. The average molecular weight is 443 g/mol. The van der Waals surface area contributed by atoms with Gasteiger partial charge in [-0.05, 0) is 67.7 Å². The lowest BCUT2D eigenvalue weighted by atomic mass is 10.2. The number of nitrogens with one attached hydrogen (secondary N) is 1. The summed E-state index contributed by atoms with van der Waals surface area (Å²) in [6.07, 6.45) is 1.56. The molecule has 4 rings (SSSR count). The molecule has 5 nitrogen and oxygen atoms in total. The molecule has 2 aromatic carbocycles. The molecule has 1 N–H and O–H groups in total. The number of furan rings is 1. The van der Waals surface area contributed by atoms with Crippen molar-refractivity contribution in [2.75, 3.05) is 4.90 Å². The van der Waals surface area contributed by atoms with E-state index in [1.807, 2.05) is 19.1 Å². The number of anilines is 1. The Kier molecular flexibility index (Phi) is 5.57. The maximum Gasteiger partial charge on any atom is 0.281 e. The molecular weight excluding hydrogens is 427 g/mol. The molecule has 0 spiro atoms. The van der Waals surface area contributed by atoms with Crippen molar-refractivity contribution in [3.05, 3.63) is 88.2 Å². The Hall–Kier alpha value is -3.16. The highest BCUT2D eigenvalue weighted by molar-refractivity contribution is 7.80. The highest BCUT2D eigenvalue weighted by Crippen LogP contribution is 2.27. The SMILES string of the molecule is Cc1c(Cl)cccc1OCc1ccc(/C=C2\NC(=S)N(c3ccc(F)cc3)C2=O)o1. The van der Waals surface area contributed by atoms with E-state index < -0.39 is 5.82 Å². The molecule has 0 unspecified atom stereocenters. The first-order chi connectivity index (χ1) is 14.4. The number of halogens is 2. The summed E-state index contributed by atoms with van der Waals surface area (Å²) in [5, 5.41) is 3.71. The fourth-order valence-electron chi connectivity index (χ4n) is 2.94. The Morgan fingerprint density at radius 3 is 2.73 bits per heavy atom. The normalized spacial score (nSPS) is 15.0. The number of rotatable bonds is 5. The van der Waals surface area contributed by atoms with Crippen molar-refractivity contribution in [3.8, 4) is 5.75 Å². The molecule has 1 aliphatic rings. The second-order valence-electron chi connectivity index (χ2n) is 6.56. The molecule has 0 radical (unpaired) electrons. The first-order valence-electron chi connectivity index (χ1n) is 9.02. The maximum atomic E-state index is 13.2. The van der Waals surface area contributed by atoms with Crippen LogP contribution in [0.3, 0.4) is 0 Å². The first-order valence-corrected chi connectivity index (χ1v) is 9.80. The van der Waals surface area contributed by atoms with E-state index >= 15 is 0 Å². The number of thiocarbonyl (C=S) groups is 1. The fourth-order valence-corrected chi connectivity index (χ4v) is 3.41. The van der Waals surface area contributed by atoms with Crippen molar-refractivity contribution in [2.45, 2.75) is 13.5 Å². The number of ether oxygens (including phenoxy) is 1. The van der Waals surface area contributed by atoms with Gasteiger partial charge in [-0.25, -0.2) is 4.39 Å². The fraction of sp³-hybridized carbons (Fsp3) is 0.0909. The smallest absolute Gasteiger partial charge is 0.281 e. The van der Waals surface area contributed by atoms with E-state index in [-0.39, 0.29) is 23.3 Å². The van der Waals surface area contributed by atoms with Crippen LogP contribution >= 0.6 is 23.8 Å². The summed E-state index contributed by atoms with van der Waals surface area (Å²) in [4.78, 5) is 14.0. The molecule has 3 aromatic rings. The lowest BCUT2D eigenvalue weighted by Gasteiger charge is -2.13. The molecule has 0 aliphatic carbocycles. The van der Waals surface area contributed by atoms with Crippen LogP contribution in [0.25, 0.3) is 6.08 Å². The van der Waals surface area contributed by atoms with Crippen molar-refractivity contribution >= 4 is 46.6 Å². The summed E-state index contributed by atoms with van der Waals surface area (Å²) >= 11 is 11.3. The molecule has 152 valence electrons. The Balaban J connectivity index is 1.47. The summed E-state index contributed by atoms with van der Waals surface area (Å²) in [6.45, 7) is 2.09. The van der Waals surface area contributed by atoms with Crippen molar-refractivity contribution in [1.29, 1.82) is 0 Å². The van der Waals surface area contributed by atoms with Crippen LogP contribution in [0.4, 0.5) is 10.1 Å². The third-order valence-electron chi connectivity index (χ3n) is 4.52. The molecule has 1 aromatic heterocycles. The molecule has 0 atom stereocenters. The van der Waals surface area contributed by atoms with Crippen molar-refractivity contribution < 1.29 is 18.3 Å². The van der Waals surface area contributed by atoms with Gasteiger partial charge in [0.2, 0.25) is 0 Å². The third-order valence-corrected chi connectivity index (χ3v) is 5.21. The molecule has 1 amide bonds. The topological polar surface area (TPSA) is 54.7 Å². The minimum absolute atomic E-state index is 0.212. The zero-order chi connectivity index (χ0) is 21.3. The molecule has 30 heavy (non-hydrogen) atoms. The van der Waals surface area contributed by atoms with Crippen LogP contribution in [-0.4, -0.2) is 11.0 Å². The van der Waals surface area contributed by atoms with Gasteiger partial charge in [0.25, 0.3) is 5.91 Å². The van der Waals surface area contributed by atoms with Crippen molar-refractivity contribution in [2.24, 2.45) is 0 Å². The number of benzene rings is 2. The van der Waals surface area contributed by atoms with Crippen LogP contribution < -0.4 is 15.0 Å². The van der Waals surface area contributed by atoms with Gasteiger partial charge in [0.1, 0.15) is 35.4 Å². The van der Waals surface area contributed by atoms with Gasteiger partial charge in [0.05, 0.1) is 5.69 Å². The molecule has 1 aliphatic heterocycles.